The van der Waals surface area contributed by atoms with E-state index >= 15 is 0 Å². The number of hydrogen-bond acceptors (Lipinski definition) is 14. The Bertz CT molecular complexity index is 2670. The Morgan fingerprint density at radius 1 is 0.679 bits per heavy atom. The van der Waals surface area contributed by atoms with Gasteiger partial charge in [0.2, 0.25) is 32.2 Å². The molecule has 0 bridgehead atoms. The molecule has 0 unspecified atom stereocenters. The fourth-order valence-corrected chi connectivity index (χ4v) is 11.3. The van der Waals surface area contributed by atoms with Gasteiger partial charge in [-0.25, -0.2) is 16.8 Å². The van der Waals surface area contributed by atoms with E-state index in [1.807, 2.05) is 12.1 Å². The summed E-state index contributed by atoms with van der Waals surface area (Å²) in [7, 11) is -8.09. The SMILES string of the molecule is CS(=O)(=O)n1c(SCC(=O)N(Cc2ccc(S(=O)(=O)n3c(SCC(=O)Nc4ccccc4)nnc3-c3cccs3)cc2)c2ccccc2)nnc1-c1cccs1. The molecule has 2 amide bonds. The molecule has 14 nitrogen and oxygen atoms in total. The highest BCUT2D eigenvalue weighted by atomic mass is 32.2. The maximum absolute atomic E-state index is 14.3. The Morgan fingerprint density at radius 3 is 1.80 bits per heavy atom. The molecule has 3 aromatic carbocycles. The van der Waals surface area contributed by atoms with Crippen molar-refractivity contribution in [1.82, 2.24) is 28.3 Å². The monoisotopic (exact) mass is 862 g/mol. The maximum atomic E-state index is 14.3. The molecular formula is C36H30N8O6S6. The number of thioether (sulfide) groups is 2. The minimum Gasteiger partial charge on any atom is -0.325 e. The standard InChI is InChI=1S/C36H30N8O6S6/c1-55(47,48)43-33(29-14-8-20-51-29)38-40-35(43)54-24-32(46)42(27-12-6-3-7-13-27)22-25-16-18-28(19-17-25)56(49,50)44-34(30-15-9-21-52-30)39-41-36(44)53-23-31(45)37-26-10-4-2-5-11-26/h2-21H,22-24H2,1H3,(H,37,45). The number of anilines is 2. The Morgan fingerprint density at radius 2 is 1.23 bits per heavy atom. The third kappa shape index (κ3) is 8.79. The van der Waals surface area contributed by atoms with E-state index in [1.54, 1.807) is 95.7 Å². The summed E-state index contributed by atoms with van der Waals surface area (Å²) in [6.07, 6.45) is 1.05. The third-order valence-corrected chi connectivity index (χ3v) is 14.4. The van der Waals surface area contributed by atoms with Crippen LogP contribution in [0.4, 0.5) is 11.4 Å². The molecule has 0 aliphatic heterocycles. The summed E-state index contributed by atoms with van der Waals surface area (Å²) in [5.41, 5.74) is 1.82. The summed E-state index contributed by atoms with van der Waals surface area (Å²) in [5, 5.41) is 23.0. The molecule has 4 heterocycles. The van der Waals surface area contributed by atoms with E-state index < -0.39 is 20.0 Å². The first-order valence-corrected chi connectivity index (χ1v) is 23.5. The fraction of sp³-hybridized carbons (Fsp3) is 0.111. The quantitative estimate of drug-likeness (QED) is 0.112. The van der Waals surface area contributed by atoms with Crippen molar-refractivity contribution in [3.8, 4) is 21.4 Å². The van der Waals surface area contributed by atoms with E-state index in [0.717, 1.165) is 37.7 Å². The molecule has 0 aliphatic carbocycles. The van der Waals surface area contributed by atoms with E-state index in [9.17, 15) is 26.4 Å². The van der Waals surface area contributed by atoms with Crippen LogP contribution in [-0.4, -0.2) is 74.8 Å². The molecule has 286 valence electrons. The van der Waals surface area contributed by atoms with Crippen LogP contribution in [0.5, 0.6) is 0 Å². The highest BCUT2D eigenvalue weighted by Gasteiger charge is 2.29. The van der Waals surface area contributed by atoms with Crippen molar-refractivity contribution in [2.24, 2.45) is 0 Å². The number of carbonyl (C=O) groups excluding carboxylic acids is 2. The zero-order valence-corrected chi connectivity index (χ0v) is 34.1. The van der Waals surface area contributed by atoms with Crippen molar-refractivity contribution in [1.29, 1.82) is 0 Å². The second-order valence-corrected chi connectivity index (χ2v) is 19.2. The molecule has 0 radical (unpaired) electrons. The van der Waals surface area contributed by atoms with Crippen LogP contribution in [0.2, 0.25) is 0 Å². The highest BCUT2D eigenvalue weighted by molar-refractivity contribution is 8.00. The molecule has 0 atom stereocenters. The Kier molecular flexibility index (Phi) is 11.8. The van der Waals surface area contributed by atoms with E-state index in [-0.39, 0.29) is 56.7 Å². The lowest BCUT2D eigenvalue weighted by atomic mass is 10.2. The normalized spacial score (nSPS) is 11.7. The average Bonchev–Trinajstić information content (AvgIpc) is 4.03. The number of hydrogen-bond donors (Lipinski definition) is 1. The van der Waals surface area contributed by atoms with Crippen LogP contribution < -0.4 is 10.2 Å². The molecule has 0 fully saturated rings. The number of carbonyl (C=O) groups is 2. The summed E-state index contributed by atoms with van der Waals surface area (Å²) >= 11 is 4.52. The van der Waals surface area contributed by atoms with Crippen molar-refractivity contribution < 1.29 is 26.4 Å². The number of nitrogens with one attached hydrogen (secondary N) is 1. The van der Waals surface area contributed by atoms with Gasteiger partial charge in [0.05, 0.1) is 39.0 Å². The number of thiophene rings is 2. The molecule has 7 aromatic rings. The third-order valence-electron chi connectivity index (χ3n) is 7.89. The maximum Gasteiger partial charge on any atom is 0.271 e. The van der Waals surface area contributed by atoms with Crippen LogP contribution in [0, 0.1) is 0 Å². The smallest absolute Gasteiger partial charge is 0.271 e. The van der Waals surface area contributed by atoms with Gasteiger partial charge < -0.3 is 10.2 Å². The second-order valence-electron chi connectivity index (χ2n) is 11.8. The van der Waals surface area contributed by atoms with Crippen LogP contribution in [0.1, 0.15) is 5.56 Å². The topological polar surface area (TPSA) is 179 Å². The lowest BCUT2D eigenvalue weighted by Gasteiger charge is -2.23. The summed E-state index contributed by atoms with van der Waals surface area (Å²) < 4.78 is 56.2. The molecule has 0 spiro atoms. The number of aromatic nitrogens is 6. The zero-order chi connectivity index (χ0) is 39.3. The van der Waals surface area contributed by atoms with Gasteiger partial charge in [-0.05, 0) is 64.9 Å². The minimum absolute atomic E-state index is 0.0215. The van der Waals surface area contributed by atoms with Gasteiger partial charge in [0.25, 0.3) is 10.0 Å². The number of para-hydroxylation sites is 2. The Balaban J connectivity index is 1.11. The van der Waals surface area contributed by atoms with Crippen molar-refractivity contribution in [2.75, 3.05) is 28.0 Å². The number of amides is 2. The molecule has 56 heavy (non-hydrogen) atoms. The number of benzene rings is 3. The molecule has 0 saturated heterocycles. The van der Waals surface area contributed by atoms with Gasteiger partial charge in [0, 0.05) is 11.4 Å². The highest BCUT2D eigenvalue weighted by Crippen LogP contribution is 2.33. The largest absolute Gasteiger partial charge is 0.325 e. The van der Waals surface area contributed by atoms with E-state index in [0.29, 0.717) is 26.7 Å². The van der Waals surface area contributed by atoms with Crippen LogP contribution in [0.15, 0.2) is 135 Å². The number of nitrogens with zero attached hydrogens (tertiary/aromatic N) is 7. The molecule has 20 heteroatoms. The van der Waals surface area contributed by atoms with E-state index in [4.69, 9.17) is 0 Å². The lowest BCUT2D eigenvalue weighted by Crippen LogP contribution is -2.32. The zero-order valence-electron chi connectivity index (χ0n) is 29.2. The summed E-state index contributed by atoms with van der Waals surface area (Å²) in [6.45, 7) is 0.0770. The Hall–Kier alpha value is -5.12. The molecule has 7 rings (SSSR count). The first-order valence-electron chi connectivity index (χ1n) is 16.5. The average molecular weight is 863 g/mol. The van der Waals surface area contributed by atoms with Crippen LogP contribution in [0.3, 0.4) is 0 Å². The van der Waals surface area contributed by atoms with Crippen molar-refractivity contribution in [3.05, 3.63) is 126 Å². The predicted molar refractivity (Wildman–Crippen MR) is 220 cm³/mol. The van der Waals surface area contributed by atoms with Crippen molar-refractivity contribution in [3.63, 3.8) is 0 Å². The number of rotatable bonds is 15. The molecule has 0 saturated carbocycles. The van der Waals surface area contributed by atoms with E-state index in [2.05, 4.69) is 25.7 Å². The van der Waals surface area contributed by atoms with Crippen LogP contribution in [-0.2, 0) is 36.2 Å². The summed E-state index contributed by atoms with van der Waals surface area (Å²) in [4.78, 5) is 29.3. The molecule has 0 aliphatic rings. The first-order chi connectivity index (χ1) is 27.0. The first kappa shape index (κ1) is 39.1. The predicted octanol–water partition coefficient (Wildman–Crippen LogP) is 6.43. The van der Waals surface area contributed by atoms with Crippen LogP contribution >= 0.6 is 46.2 Å². The van der Waals surface area contributed by atoms with Gasteiger partial charge in [-0.2, -0.15) is 7.94 Å². The second kappa shape index (κ2) is 16.9. The summed E-state index contributed by atoms with van der Waals surface area (Å²) in [6, 6.07) is 31.0. The van der Waals surface area contributed by atoms with Crippen LogP contribution in [0.25, 0.3) is 21.4 Å². The van der Waals surface area contributed by atoms with Crippen molar-refractivity contribution >= 4 is 89.4 Å². The molecule has 4 aromatic heterocycles. The molecular weight excluding hydrogens is 833 g/mol. The molecule has 1 N–H and O–H groups in total. The summed E-state index contributed by atoms with van der Waals surface area (Å²) in [5.74, 6) is -0.685. The Labute approximate surface area is 338 Å². The van der Waals surface area contributed by atoms with E-state index in [1.165, 1.54) is 39.7 Å². The van der Waals surface area contributed by atoms with Gasteiger partial charge in [-0.3, -0.25) is 9.59 Å². The fourth-order valence-electron chi connectivity index (χ4n) is 5.36. The lowest BCUT2D eigenvalue weighted by molar-refractivity contribution is -0.116. The van der Waals surface area contributed by atoms with Gasteiger partial charge in [0.15, 0.2) is 11.6 Å². The van der Waals surface area contributed by atoms with Crippen molar-refractivity contribution in [2.45, 2.75) is 21.8 Å². The minimum atomic E-state index is -4.27. The van der Waals surface area contributed by atoms with Gasteiger partial charge in [-0.15, -0.1) is 43.1 Å². The van der Waals surface area contributed by atoms with Gasteiger partial charge in [-0.1, -0.05) is 84.2 Å². The van der Waals surface area contributed by atoms with Gasteiger partial charge >= 0.3 is 0 Å². The van der Waals surface area contributed by atoms with Gasteiger partial charge in [0.1, 0.15) is 0 Å².